The minimum Gasteiger partial charge on any atom is -0.481 e. The van der Waals surface area contributed by atoms with E-state index in [4.69, 9.17) is 5.11 Å². The highest BCUT2D eigenvalue weighted by atomic mass is 32.2. The molecular weight excluding hydrogens is 468 g/mol. The van der Waals surface area contributed by atoms with Crippen LogP contribution in [0.1, 0.15) is 22.7 Å². The number of amides is 2. The lowest BCUT2D eigenvalue weighted by molar-refractivity contribution is -0.157. The lowest BCUT2D eigenvalue weighted by atomic mass is 9.84. The Morgan fingerprint density at radius 3 is 2.83 bits per heavy atom. The number of nitrogens with zero attached hydrogens (tertiary/aromatic N) is 3. The van der Waals surface area contributed by atoms with Gasteiger partial charge in [-0.05, 0) is 11.4 Å². The molecule has 4 atom stereocenters. The SMILES string of the molecule is CC(=O)NC1S[C@@H]2C(c3cccs3)C(=O)N2CC1(CSc1nnc(CO)s1)C(=O)O. The van der Waals surface area contributed by atoms with E-state index in [0.29, 0.717) is 9.35 Å². The van der Waals surface area contributed by atoms with Gasteiger partial charge in [0, 0.05) is 24.1 Å². The van der Waals surface area contributed by atoms with Crippen molar-refractivity contribution in [3.63, 3.8) is 0 Å². The number of nitrogens with one attached hydrogen (secondary N) is 1. The smallest absolute Gasteiger partial charge is 0.315 e. The fourth-order valence-corrected chi connectivity index (χ4v) is 8.31. The summed E-state index contributed by atoms with van der Waals surface area (Å²) in [5, 5.41) is 31.4. The zero-order chi connectivity index (χ0) is 21.5. The largest absolute Gasteiger partial charge is 0.481 e. The summed E-state index contributed by atoms with van der Waals surface area (Å²) in [5.41, 5.74) is -1.39. The van der Waals surface area contributed by atoms with Crippen molar-refractivity contribution in [3.05, 3.63) is 27.4 Å². The van der Waals surface area contributed by atoms with Gasteiger partial charge in [-0.25, -0.2) is 0 Å². The predicted octanol–water partition coefficient (Wildman–Crippen LogP) is 1.42. The van der Waals surface area contributed by atoms with E-state index in [-0.39, 0.29) is 42.0 Å². The predicted molar refractivity (Wildman–Crippen MR) is 114 cm³/mol. The Morgan fingerprint density at radius 2 is 2.23 bits per heavy atom. The molecule has 0 radical (unpaired) electrons. The lowest BCUT2D eigenvalue weighted by Crippen LogP contribution is -2.70. The number of fused-ring (bicyclic) bond motifs is 1. The molecule has 2 amide bonds. The van der Waals surface area contributed by atoms with Gasteiger partial charge in [-0.15, -0.1) is 33.3 Å². The van der Waals surface area contributed by atoms with Gasteiger partial charge in [-0.1, -0.05) is 29.2 Å². The first-order valence-electron chi connectivity index (χ1n) is 8.91. The monoisotopic (exact) mass is 486 g/mol. The second-order valence-corrected chi connectivity index (χ2v) is 11.4. The number of carboxylic acid groups (broad SMARTS) is 1. The summed E-state index contributed by atoms with van der Waals surface area (Å²) in [6.07, 6.45) is 0. The summed E-state index contributed by atoms with van der Waals surface area (Å²) in [5.74, 6) is -1.72. The molecule has 0 spiro atoms. The maximum Gasteiger partial charge on any atom is 0.315 e. The first kappa shape index (κ1) is 21.6. The Balaban J connectivity index is 1.60. The van der Waals surface area contributed by atoms with Crippen LogP contribution in [-0.2, 0) is 21.0 Å². The fraction of sp³-hybridized carbons (Fsp3) is 0.471. The Bertz CT molecular complexity index is 967. The number of aliphatic hydroxyl groups excluding tert-OH is 1. The number of carbonyl (C=O) groups excluding carboxylic acids is 2. The number of rotatable bonds is 7. The molecular formula is C17H18N4O5S4. The molecule has 4 heterocycles. The molecule has 9 nitrogen and oxygen atoms in total. The van der Waals surface area contributed by atoms with E-state index >= 15 is 0 Å². The van der Waals surface area contributed by atoms with Gasteiger partial charge in [0.25, 0.3) is 0 Å². The van der Waals surface area contributed by atoms with Gasteiger partial charge < -0.3 is 20.4 Å². The molecule has 3 unspecified atom stereocenters. The molecule has 2 aromatic rings. The Morgan fingerprint density at radius 1 is 1.43 bits per heavy atom. The number of carbonyl (C=O) groups is 3. The third kappa shape index (κ3) is 3.73. The van der Waals surface area contributed by atoms with Crippen LogP contribution in [0.15, 0.2) is 21.9 Å². The molecule has 2 aromatic heterocycles. The van der Waals surface area contributed by atoms with Crippen LogP contribution in [0.25, 0.3) is 0 Å². The molecule has 160 valence electrons. The quantitative estimate of drug-likeness (QED) is 0.392. The molecule has 4 rings (SSSR count). The number of aliphatic hydroxyl groups is 1. The third-order valence-electron chi connectivity index (χ3n) is 5.02. The van der Waals surface area contributed by atoms with Gasteiger partial charge in [0.05, 0.1) is 17.4 Å². The van der Waals surface area contributed by atoms with Gasteiger partial charge in [0.1, 0.15) is 16.3 Å². The highest BCUT2D eigenvalue weighted by Crippen LogP contribution is 2.53. The van der Waals surface area contributed by atoms with Crippen LogP contribution in [0.3, 0.4) is 0 Å². The van der Waals surface area contributed by atoms with Crippen molar-refractivity contribution >= 4 is 64.0 Å². The summed E-state index contributed by atoms with van der Waals surface area (Å²) in [7, 11) is 0. The van der Waals surface area contributed by atoms with Gasteiger partial charge >= 0.3 is 5.97 Å². The van der Waals surface area contributed by atoms with Crippen molar-refractivity contribution in [3.8, 4) is 0 Å². The second kappa shape index (κ2) is 8.46. The number of thioether (sulfide) groups is 2. The molecule has 2 saturated heterocycles. The van der Waals surface area contributed by atoms with Crippen molar-refractivity contribution in [1.82, 2.24) is 20.4 Å². The van der Waals surface area contributed by atoms with Crippen molar-refractivity contribution in [1.29, 1.82) is 0 Å². The zero-order valence-electron chi connectivity index (χ0n) is 15.7. The Labute approximate surface area is 188 Å². The summed E-state index contributed by atoms with van der Waals surface area (Å²) in [6, 6.07) is 3.79. The first-order chi connectivity index (χ1) is 14.4. The number of hydrogen-bond acceptors (Lipinski definition) is 10. The molecule has 2 aliphatic heterocycles. The number of thiophene rings is 1. The lowest BCUT2D eigenvalue weighted by Gasteiger charge is -2.56. The Kier molecular flexibility index (Phi) is 6.08. The maximum atomic E-state index is 12.8. The number of carboxylic acids is 1. The average Bonchev–Trinajstić information content (AvgIpc) is 3.38. The topological polar surface area (TPSA) is 133 Å². The number of aromatic nitrogens is 2. The fourth-order valence-electron chi connectivity index (χ4n) is 3.50. The van der Waals surface area contributed by atoms with E-state index in [0.717, 1.165) is 4.88 Å². The van der Waals surface area contributed by atoms with Crippen molar-refractivity contribution < 1.29 is 24.6 Å². The van der Waals surface area contributed by atoms with Gasteiger partial charge in [-0.3, -0.25) is 14.4 Å². The average molecular weight is 487 g/mol. The third-order valence-corrected chi connectivity index (χ3v) is 9.91. The highest BCUT2D eigenvalue weighted by molar-refractivity contribution is 8.01. The van der Waals surface area contributed by atoms with Crippen LogP contribution < -0.4 is 5.32 Å². The van der Waals surface area contributed by atoms with E-state index in [1.807, 2.05) is 17.5 Å². The molecule has 0 aliphatic carbocycles. The number of hydrogen-bond donors (Lipinski definition) is 3. The molecule has 2 aliphatic rings. The van der Waals surface area contributed by atoms with E-state index in [1.54, 1.807) is 4.90 Å². The molecule has 0 bridgehead atoms. The van der Waals surface area contributed by atoms with Crippen LogP contribution >= 0.6 is 46.2 Å². The van der Waals surface area contributed by atoms with Gasteiger partial charge in [-0.2, -0.15) is 0 Å². The standard InChI is InChI=1S/C17H18N4O5S4/c1-8(23)18-14-17(15(25)26,7-28-16-20-19-10(5-22)29-16)6-21-12(24)11(13(21)30-14)9-3-2-4-27-9/h2-4,11,13-14,22H,5-7H2,1H3,(H,18,23)(H,25,26)/t11?,13-,14?,17?/m1/s1. The van der Waals surface area contributed by atoms with E-state index in [9.17, 15) is 19.5 Å². The molecule has 2 fully saturated rings. The van der Waals surface area contributed by atoms with E-state index in [2.05, 4.69) is 15.5 Å². The zero-order valence-corrected chi connectivity index (χ0v) is 18.9. The molecule has 30 heavy (non-hydrogen) atoms. The van der Waals surface area contributed by atoms with Crippen molar-refractivity contribution in [2.24, 2.45) is 5.41 Å². The van der Waals surface area contributed by atoms with Crippen LogP contribution in [-0.4, -0.2) is 66.1 Å². The summed E-state index contributed by atoms with van der Waals surface area (Å²) in [4.78, 5) is 39.7. The van der Waals surface area contributed by atoms with Crippen LogP contribution in [0.4, 0.5) is 0 Å². The highest BCUT2D eigenvalue weighted by Gasteiger charge is 2.62. The summed E-state index contributed by atoms with van der Waals surface area (Å²) in [6.45, 7) is 1.12. The minimum absolute atomic E-state index is 0.00428. The van der Waals surface area contributed by atoms with Gasteiger partial charge in [0.15, 0.2) is 4.34 Å². The van der Waals surface area contributed by atoms with Crippen LogP contribution in [0, 0.1) is 5.41 Å². The number of aliphatic carboxylic acids is 1. The first-order valence-corrected chi connectivity index (χ1v) is 12.5. The number of β-lactam (4-membered cyclic amide) rings is 1. The Hall–Kier alpha value is -1.67. The normalized spacial score (nSPS) is 28.0. The van der Waals surface area contributed by atoms with Crippen LogP contribution in [0.5, 0.6) is 0 Å². The van der Waals surface area contributed by atoms with E-state index in [1.165, 1.54) is 53.1 Å². The molecule has 13 heteroatoms. The summed E-state index contributed by atoms with van der Waals surface area (Å²) < 4.78 is 0.528. The molecule has 0 saturated carbocycles. The maximum absolute atomic E-state index is 12.8. The van der Waals surface area contributed by atoms with Crippen LogP contribution in [0.2, 0.25) is 0 Å². The van der Waals surface area contributed by atoms with Crippen molar-refractivity contribution in [2.75, 3.05) is 12.3 Å². The summed E-state index contributed by atoms with van der Waals surface area (Å²) >= 11 is 5.20. The molecule has 3 N–H and O–H groups in total. The second-order valence-electron chi connectivity index (χ2n) is 6.94. The van der Waals surface area contributed by atoms with E-state index < -0.39 is 16.8 Å². The van der Waals surface area contributed by atoms with Gasteiger partial charge in [0.2, 0.25) is 11.8 Å². The minimum atomic E-state index is -1.39. The molecule has 0 aromatic carbocycles. The van der Waals surface area contributed by atoms with Crippen molar-refractivity contribution in [2.45, 2.75) is 34.5 Å².